The highest BCUT2D eigenvalue weighted by Crippen LogP contribution is 2.32. The minimum atomic E-state index is -0.628. The number of carbonyl (C=O) groups is 3. The number of imidazole rings is 1. The number of aromatic amines is 1. The average molecular weight is 607 g/mol. The van der Waals surface area contributed by atoms with E-state index in [0.717, 1.165) is 0 Å². The predicted molar refractivity (Wildman–Crippen MR) is 159 cm³/mol. The number of ether oxygens (including phenoxy) is 1. The number of H-pyrrole nitrogens is 1. The number of benzene rings is 2. The van der Waals surface area contributed by atoms with Gasteiger partial charge in [-0.3, -0.25) is 14.4 Å². The van der Waals surface area contributed by atoms with Crippen molar-refractivity contribution in [2.75, 3.05) is 12.4 Å². The van der Waals surface area contributed by atoms with Crippen LogP contribution in [0.4, 0.5) is 10.1 Å². The Bertz CT molecular complexity index is 1680. The lowest BCUT2D eigenvalue weighted by Gasteiger charge is -2.21. The Labute approximate surface area is 253 Å². The molecule has 2 atom stereocenters. The van der Waals surface area contributed by atoms with E-state index in [0.29, 0.717) is 59.7 Å². The van der Waals surface area contributed by atoms with Gasteiger partial charge in [-0.05, 0) is 49.9 Å². The van der Waals surface area contributed by atoms with E-state index >= 15 is 0 Å². The van der Waals surface area contributed by atoms with E-state index in [9.17, 15) is 18.8 Å². The second-order valence-corrected chi connectivity index (χ2v) is 10.9. The van der Waals surface area contributed by atoms with E-state index in [1.165, 1.54) is 30.1 Å². The van der Waals surface area contributed by atoms with Crippen molar-refractivity contribution in [3.05, 3.63) is 82.3 Å². The van der Waals surface area contributed by atoms with Crippen LogP contribution in [0.5, 0.6) is 0 Å². The number of halogens is 2. The number of nitrogens with zero attached hydrogens (tertiary/aromatic N) is 3. The lowest BCUT2D eigenvalue weighted by molar-refractivity contribution is -0.139. The summed E-state index contributed by atoms with van der Waals surface area (Å²) < 4.78 is 20.8. The second-order valence-electron chi connectivity index (χ2n) is 10.5. The topological polar surface area (TPSA) is 131 Å². The molecule has 0 saturated carbocycles. The number of amides is 2. The minimum Gasteiger partial charge on any atom is -0.469 e. The van der Waals surface area contributed by atoms with Crippen LogP contribution in [0.1, 0.15) is 66.1 Å². The van der Waals surface area contributed by atoms with Gasteiger partial charge in [0.15, 0.2) is 5.82 Å². The molecular weight excluding hydrogens is 575 g/mol. The molecule has 0 fully saturated rings. The molecule has 2 aromatic carbocycles. The van der Waals surface area contributed by atoms with E-state index in [1.807, 2.05) is 13.0 Å². The summed E-state index contributed by atoms with van der Waals surface area (Å²) >= 11 is 5.96. The number of fused-ring (bicyclic) bond motifs is 4. The fraction of sp³-hybridized carbons (Fsp3) is 0.323. The Kier molecular flexibility index (Phi) is 8.91. The highest BCUT2D eigenvalue weighted by Gasteiger charge is 2.26. The number of carbonyl (C=O) groups excluding carboxylic acids is 3. The molecule has 0 aliphatic carbocycles. The molecule has 43 heavy (non-hydrogen) atoms. The van der Waals surface area contributed by atoms with Crippen LogP contribution in [0.2, 0.25) is 5.02 Å². The fourth-order valence-corrected chi connectivity index (χ4v) is 5.47. The van der Waals surface area contributed by atoms with Gasteiger partial charge in [-0.1, -0.05) is 43.1 Å². The monoisotopic (exact) mass is 606 g/mol. The van der Waals surface area contributed by atoms with Crippen molar-refractivity contribution < 1.29 is 23.5 Å². The number of hydrogen-bond acceptors (Lipinski definition) is 6. The first-order valence-electron chi connectivity index (χ1n) is 14.1. The molecule has 3 heterocycles. The summed E-state index contributed by atoms with van der Waals surface area (Å²) in [5.41, 5.74) is 3.47. The van der Waals surface area contributed by atoms with Crippen molar-refractivity contribution in [1.29, 1.82) is 0 Å². The first-order valence-corrected chi connectivity index (χ1v) is 14.4. The van der Waals surface area contributed by atoms with Crippen molar-refractivity contribution in [3.63, 3.8) is 0 Å². The van der Waals surface area contributed by atoms with Gasteiger partial charge in [-0.2, -0.15) is 5.10 Å². The molecule has 5 rings (SSSR count). The van der Waals surface area contributed by atoms with E-state index in [2.05, 4.69) is 25.7 Å². The maximum Gasteiger partial charge on any atom is 0.309 e. The molecule has 0 spiro atoms. The molecule has 2 amide bonds. The number of esters is 1. The van der Waals surface area contributed by atoms with Crippen LogP contribution in [-0.2, 0) is 20.7 Å². The largest absolute Gasteiger partial charge is 0.469 e. The lowest BCUT2D eigenvalue weighted by Crippen LogP contribution is -2.30. The molecule has 224 valence electrons. The zero-order valence-corrected chi connectivity index (χ0v) is 24.8. The molecule has 1 aliphatic heterocycles. The molecule has 2 bridgehead atoms. The molecule has 4 aromatic rings. The van der Waals surface area contributed by atoms with Gasteiger partial charge in [0.2, 0.25) is 5.91 Å². The average Bonchev–Trinajstić information content (AvgIpc) is 3.63. The van der Waals surface area contributed by atoms with Crippen molar-refractivity contribution in [2.45, 2.75) is 52.0 Å². The molecule has 10 nitrogen and oxygen atoms in total. The Hall–Kier alpha value is -4.51. The van der Waals surface area contributed by atoms with Gasteiger partial charge in [0.05, 0.1) is 59.6 Å². The van der Waals surface area contributed by atoms with Crippen LogP contribution in [0.15, 0.2) is 48.8 Å². The summed E-state index contributed by atoms with van der Waals surface area (Å²) in [5.74, 6) is -1.21. The Morgan fingerprint density at radius 1 is 1.21 bits per heavy atom. The van der Waals surface area contributed by atoms with E-state index in [1.54, 1.807) is 31.3 Å². The summed E-state index contributed by atoms with van der Waals surface area (Å²) in [7, 11) is 1.33. The Balaban J connectivity index is 1.46. The molecule has 0 unspecified atom stereocenters. The third kappa shape index (κ3) is 6.31. The number of methoxy groups -OCH3 is 1. The van der Waals surface area contributed by atoms with Crippen molar-refractivity contribution in [3.8, 4) is 16.9 Å². The quantitative estimate of drug-likeness (QED) is 0.241. The normalized spacial score (nSPS) is 16.8. The Morgan fingerprint density at radius 2 is 2.02 bits per heavy atom. The van der Waals surface area contributed by atoms with Crippen LogP contribution in [0.25, 0.3) is 16.9 Å². The van der Waals surface area contributed by atoms with E-state index in [-0.39, 0.29) is 46.4 Å². The third-order valence-electron chi connectivity index (χ3n) is 7.76. The number of rotatable bonds is 6. The second kappa shape index (κ2) is 12.8. The van der Waals surface area contributed by atoms with Gasteiger partial charge in [0.1, 0.15) is 11.5 Å². The molecule has 3 N–H and O–H groups in total. The van der Waals surface area contributed by atoms with Crippen LogP contribution >= 0.6 is 11.6 Å². The maximum absolute atomic E-state index is 14.7. The zero-order valence-electron chi connectivity index (χ0n) is 24.0. The summed E-state index contributed by atoms with van der Waals surface area (Å²) in [5, 5.41) is 10.3. The molecule has 2 aromatic heterocycles. The predicted octanol–water partition coefficient (Wildman–Crippen LogP) is 5.70. The molecule has 0 radical (unpaired) electrons. The van der Waals surface area contributed by atoms with Crippen molar-refractivity contribution >= 4 is 35.1 Å². The number of aromatic nitrogens is 4. The van der Waals surface area contributed by atoms with Crippen molar-refractivity contribution in [2.24, 2.45) is 5.92 Å². The first kappa shape index (κ1) is 30.0. The minimum absolute atomic E-state index is 0.0411. The van der Waals surface area contributed by atoms with Gasteiger partial charge in [0, 0.05) is 11.5 Å². The van der Waals surface area contributed by atoms with Gasteiger partial charge >= 0.3 is 5.97 Å². The Morgan fingerprint density at radius 3 is 2.79 bits per heavy atom. The standard InChI is InChI=1S/C31H32ClFN6O4/c1-4-19-7-5-9-23(37-31(42)21-15-35-39(17(21)2)26-10-6-8-22(32)28(26)33)29-34-16-25(36-29)20-12-11-18(14-27(40)43-3)13-24(20)38-30(19)41/h6,8,10-13,15-16,19,23H,4-5,7,9,14H2,1-3H3,(H,34,36)(H,37,42)(H,38,41)/t19-,23-/m0/s1. The van der Waals surface area contributed by atoms with Gasteiger partial charge in [-0.25, -0.2) is 14.1 Å². The zero-order chi connectivity index (χ0) is 30.7. The molecule has 0 saturated heterocycles. The van der Waals surface area contributed by atoms with Crippen LogP contribution < -0.4 is 10.6 Å². The summed E-state index contributed by atoms with van der Waals surface area (Å²) in [4.78, 5) is 46.6. The van der Waals surface area contributed by atoms with Gasteiger partial charge in [-0.15, -0.1) is 0 Å². The van der Waals surface area contributed by atoms with Gasteiger partial charge in [0.25, 0.3) is 5.91 Å². The highest BCUT2D eigenvalue weighted by molar-refractivity contribution is 6.30. The lowest BCUT2D eigenvalue weighted by atomic mass is 9.95. The number of hydrogen-bond donors (Lipinski definition) is 3. The van der Waals surface area contributed by atoms with Crippen LogP contribution in [0, 0.1) is 18.7 Å². The van der Waals surface area contributed by atoms with Crippen LogP contribution in [-0.4, -0.2) is 44.6 Å². The van der Waals surface area contributed by atoms with E-state index < -0.39 is 11.9 Å². The van der Waals surface area contributed by atoms with Crippen molar-refractivity contribution in [1.82, 2.24) is 25.1 Å². The number of nitrogens with one attached hydrogen (secondary N) is 3. The SMILES string of the molecule is CC[C@H]1CCC[C@H](NC(=O)c2cnn(-c3cccc(Cl)c3F)c2C)c2ncc([nH]2)-c2ccc(CC(=O)OC)cc2NC1=O. The molecule has 12 heteroatoms. The molecular formula is C31H32ClFN6O4. The summed E-state index contributed by atoms with van der Waals surface area (Å²) in [6.45, 7) is 3.65. The highest BCUT2D eigenvalue weighted by atomic mass is 35.5. The fourth-order valence-electron chi connectivity index (χ4n) is 5.30. The number of anilines is 1. The van der Waals surface area contributed by atoms with Crippen LogP contribution in [0.3, 0.4) is 0 Å². The third-order valence-corrected chi connectivity index (χ3v) is 8.05. The van der Waals surface area contributed by atoms with E-state index in [4.69, 9.17) is 16.3 Å². The first-order chi connectivity index (χ1) is 20.7. The van der Waals surface area contributed by atoms with Gasteiger partial charge < -0.3 is 20.4 Å². The summed E-state index contributed by atoms with van der Waals surface area (Å²) in [6.07, 6.45) is 5.54. The summed E-state index contributed by atoms with van der Waals surface area (Å²) in [6, 6.07) is 9.49. The maximum atomic E-state index is 14.7. The molecule has 1 aliphatic rings. The smallest absolute Gasteiger partial charge is 0.309 e.